The van der Waals surface area contributed by atoms with Crippen molar-refractivity contribution in [1.82, 2.24) is 5.32 Å². The fraction of sp³-hybridized carbons (Fsp3) is 0.846. The first-order valence-electron chi connectivity index (χ1n) is 6.50. The molecule has 1 amide bonds. The van der Waals surface area contributed by atoms with Gasteiger partial charge >= 0.3 is 5.97 Å². The van der Waals surface area contributed by atoms with Crippen LogP contribution in [0.4, 0.5) is 0 Å². The summed E-state index contributed by atoms with van der Waals surface area (Å²) in [6, 6.07) is 0. The van der Waals surface area contributed by atoms with E-state index in [1.165, 1.54) is 12.8 Å². The summed E-state index contributed by atoms with van der Waals surface area (Å²) in [4.78, 5) is 22.1. The molecule has 0 aliphatic heterocycles. The number of nitrogens with one attached hydrogen (secondary N) is 1. The van der Waals surface area contributed by atoms with Crippen LogP contribution in [0.2, 0.25) is 0 Å². The molecule has 0 heterocycles. The highest BCUT2D eigenvalue weighted by molar-refractivity contribution is 5.78. The predicted molar refractivity (Wildman–Crippen MR) is 65.5 cm³/mol. The van der Waals surface area contributed by atoms with Crippen LogP contribution in [-0.2, 0) is 9.59 Å². The number of carbonyl (C=O) groups is 2. The maximum Gasteiger partial charge on any atom is 0.303 e. The smallest absolute Gasteiger partial charge is 0.303 e. The van der Waals surface area contributed by atoms with Crippen molar-refractivity contribution in [2.24, 2.45) is 17.8 Å². The van der Waals surface area contributed by atoms with Crippen LogP contribution in [0.15, 0.2) is 0 Å². The minimum Gasteiger partial charge on any atom is -0.481 e. The first-order chi connectivity index (χ1) is 8.00. The number of amides is 1. The van der Waals surface area contributed by atoms with Gasteiger partial charge in [0, 0.05) is 18.9 Å². The molecule has 2 atom stereocenters. The first-order valence-corrected chi connectivity index (χ1v) is 6.50. The Kier molecular flexibility index (Phi) is 5.45. The zero-order valence-corrected chi connectivity index (χ0v) is 10.7. The van der Waals surface area contributed by atoms with Crippen molar-refractivity contribution in [3.63, 3.8) is 0 Å². The molecule has 0 saturated heterocycles. The molecular weight excluding hydrogens is 218 g/mol. The summed E-state index contributed by atoms with van der Waals surface area (Å²) in [6.07, 6.45) is 4.13. The Morgan fingerprint density at radius 1 is 1.29 bits per heavy atom. The van der Waals surface area contributed by atoms with Crippen LogP contribution in [-0.4, -0.2) is 23.5 Å². The molecule has 1 rings (SSSR count). The average molecular weight is 241 g/mol. The van der Waals surface area contributed by atoms with Crippen molar-refractivity contribution in [3.8, 4) is 0 Å². The molecule has 1 aliphatic carbocycles. The lowest BCUT2D eigenvalue weighted by Crippen LogP contribution is -2.31. The number of rotatable bonds is 8. The number of aliphatic carboxylic acids is 1. The van der Waals surface area contributed by atoms with Gasteiger partial charge in [-0.3, -0.25) is 9.59 Å². The molecule has 98 valence electrons. The van der Waals surface area contributed by atoms with E-state index in [1.54, 1.807) is 0 Å². The van der Waals surface area contributed by atoms with E-state index in [0.717, 1.165) is 6.42 Å². The second kappa shape index (κ2) is 6.62. The molecular formula is C13H23NO3. The maximum absolute atomic E-state index is 11.7. The van der Waals surface area contributed by atoms with Gasteiger partial charge in [-0.2, -0.15) is 0 Å². The van der Waals surface area contributed by atoms with Crippen molar-refractivity contribution in [2.75, 3.05) is 6.54 Å². The third kappa shape index (κ3) is 5.71. The number of carboxylic acids is 1. The van der Waals surface area contributed by atoms with Gasteiger partial charge in [-0.15, -0.1) is 0 Å². The lowest BCUT2D eigenvalue weighted by atomic mass is 10.0. The third-order valence-corrected chi connectivity index (χ3v) is 3.53. The van der Waals surface area contributed by atoms with Crippen LogP contribution in [0.5, 0.6) is 0 Å². The predicted octanol–water partition coefficient (Wildman–Crippen LogP) is 2.04. The van der Waals surface area contributed by atoms with Gasteiger partial charge in [-0.05, 0) is 37.5 Å². The normalized spacial score (nSPS) is 18.5. The molecule has 0 bridgehead atoms. The number of hydrogen-bond acceptors (Lipinski definition) is 2. The van der Waals surface area contributed by atoms with Gasteiger partial charge in [0.15, 0.2) is 0 Å². The van der Waals surface area contributed by atoms with Gasteiger partial charge < -0.3 is 10.4 Å². The summed E-state index contributed by atoms with van der Waals surface area (Å²) < 4.78 is 0. The number of carboxylic acid groups (broad SMARTS) is 1. The molecule has 0 aromatic heterocycles. The molecule has 1 saturated carbocycles. The second-order valence-electron chi connectivity index (χ2n) is 5.24. The van der Waals surface area contributed by atoms with E-state index in [2.05, 4.69) is 5.32 Å². The third-order valence-electron chi connectivity index (χ3n) is 3.53. The minimum atomic E-state index is -0.747. The molecule has 4 heteroatoms. The average Bonchev–Trinajstić information content (AvgIpc) is 3.08. The number of hydrogen-bond donors (Lipinski definition) is 2. The van der Waals surface area contributed by atoms with Crippen LogP contribution >= 0.6 is 0 Å². The van der Waals surface area contributed by atoms with Crippen LogP contribution in [0.1, 0.15) is 46.0 Å². The monoisotopic (exact) mass is 241 g/mol. The maximum atomic E-state index is 11.7. The van der Waals surface area contributed by atoms with Gasteiger partial charge in [-0.1, -0.05) is 13.8 Å². The van der Waals surface area contributed by atoms with Crippen LogP contribution in [0.25, 0.3) is 0 Å². The summed E-state index contributed by atoms with van der Waals surface area (Å²) in [5.41, 5.74) is 0. The van der Waals surface area contributed by atoms with Crippen LogP contribution < -0.4 is 5.32 Å². The van der Waals surface area contributed by atoms with E-state index in [-0.39, 0.29) is 18.2 Å². The highest BCUT2D eigenvalue weighted by atomic mass is 16.4. The van der Waals surface area contributed by atoms with E-state index in [1.807, 2.05) is 13.8 Å². The lowest BCUT2D eigenvalue weighted by Gasteiger charge is -2.13. The van der Waals surface area contributed by atoms with Gasteiger partial charge in [-0.25, -0.2) is 0 Å². The summed E-state index contributed by atoms with van der Waals surface area (Å²) in [5.74, 6) is 0.493. The molecule has 1 aliphatic rings. The molecule has 0 aromatic rings. The zero-order valence-electron chi connectivity index (χ0n) is 10.7. The van der Waals surface area contributed by atoms with Crippen LogP contribution in [0.3, 0.4) is 0 Å². The minimum absolute atomic E-state index is 0.143. The first kappa shape index (κ1) is 14.0. The summed E-state index contributed by atoms with van der Waals surface area (Å²) >= 11 is 0. The Labute approximate surface area is 103 Å². The van der Waals surface area contributed by atoms with Gasteiger partial charge in [0.2, 0.25) is 5.91 Å². The van der Waals surface area contributed by atoms with E-state index in [9.17, 15) is 9.59 Å². The zero-order chi connectivity index (χ0) is 12.8. The van der Waals surface area contributed by atoms with Crippen molar-refractivity contribution >= 4 is 11.9 Å². The van der Waals surface area contributed by atoms with Crippen molar-refractivity contribution in [3.05, 3.63) is 0 Å². The number of carbonyl (C=O) groups excluding carboxylic acids is 1. The molecule has 0 spiro atoms. The van der Waals surface area contributed by atoms with E-state index in [0.29, 0.717) is 24.8 Å². The van der Waals surface area contributed by atoms with Crippen molar-refractivity contribution < 1.29 is 14.7 Å². The molecule has 2 unspecified atom stereocenters. The summed E-state index contributed by atoms with van der Waals surface area (Å²) in [6.45, 7) is 4.68. The van der Waals surface area contributed by atoms with Gasteiger partial charge in [0.25, 0.3) is 0 Å². The molecule has 0 aromatic carbocycles. The standard InChI is InChI=1S/C13H23NO3/c1-9(3-6-12(15)16)7-8-14-13(17)10(2)11-4-5-11/h9-11H,3-8H2,1-2H3,(H,14,17)(H,15,16). The lowest BCUT2D eigenvalue weighted by molar-refractivity contribution is -0.137. The highest BCUT2D eigenvalue weighted by Gasteiger charge is 2.32. The van der Waals surface area contributed by atoms with Gasteiger partial charge in [0.05, 0.1) is 0 Å². The summed E-state index contributed by atoms with van der Waals surface area (Å²) in [7, 11) is 0. The van der Waals surface area contributed by atoms with Gasteiger partial charge in [0.1, 0.15) is 0 Å². The fourth-order valence-corrected chi connectivity index (χ4v) is 1.93. The van der Waals surface area contributed by atoms with Crippen molar-refractivity contribution in [2.45, 2.75) is 46.0 Å². The van der Waals surface area contributed by atoms with E-state index in [4.69, 9.17) is 5.11 Å². The molecule has 17 heavy (non-hydrogen) atoms. The molecule has 4 nitrogen and oxygen atoms in total. The van der Waals surface area contributed by atoms with Crippen molar-refractivity contribution in [1.29, 1.82) is 0 Å². The van der Waals surface area contributed by atoms with Crippen LogP contribution in [0, 0.1) is 17.8 Å². The SMILES string of the molecule is CC(CCNC(=O)C(C)C1CC1)CCC(=O)O. The molecule has 1 fully saturated rings. The Bertz CT molecular complexity index is 274. The highest BCUT2D eigenvalue weighted by Crippen LogP contribution is 2.36. The fourth-order valence-electron chi connectivity index (χ4n) is 1.93. The quantitative estimate of drug-likeness (QED) is 0.683. The largest absolute Gasteiger partial charge is 0.481 e. The second-order valence-corrected chi connectivity index (χ2v) is 5.24. The topological polar surface area (TPSA) is 66.4 Å². The Morgan fingerprint density at radius 3 is 2.47 bits per heavy atom. The van der Waals surface area contributed by atoms with E-state index >= 15 is 0 Å². The van der Waals surface area contributed by atoms with E-state index < -0.39 is 5.97 Å². The Morgan fingerprint density at radius 2 is 1.94 bits per heavy atom. The Hall–Kier alpha value is -1.06. The molecule has 2 N–H and O–H groups in total. The Balaban J connectivity index is 2.05. The summed E-state index contributed by atoms with van der Waals surface area (Å²) in [5, 5.41) is 11.5. The molecule has 0 radical (unpaired) electrons.